The number of amides is 1. The van der Waals surface area contributed by atoms with Crippen LogP contribution in [0.1, 0.15) is 36.7 Å². The molecule has 0 saturated heterocycles. The molecule has 1 atom stereocenters. The highest BCUT2D eigenvalue weighted by Gasteiger charge is 2.22. The minimum absolute atomic E-state index is 0.115. The van der Waals surface area contributed by atoms with Gasteiger partial charge in [-0.15, -0.1) is 0 Å². The zero-order valence-corrected chi connectivity index (χ0v) is 13.2. The molecule has 1 amide bonds. The SMILES string of the molecule is CCN(CC)C(=O)C(C)N(C)Cc1ccc(C(=O)O)cc1. The molecule has 0 aliphatic carbocycles. The number of rotatable bonds is 7. The lowest BCUT2D eigenvalue weighted by atomic mass is 10.1. The summed E-state index contributed by atoms with van der Waals surface area (Å²) in [6.45, 7) is 7.86. The molecule has 1 rings (SSSR count). The highest BCUT2D eigenvalue weighted by molar-refractivity contribution is 5.87. The number of benzene rings is 1. The smallest absolute Gasteiger partial charge is 0.335 e. The fourth-order valence-electron chi connectivity index (χ4n) is 2.17. The molecule has 21 heavy (non-hydrogen) atoms. The van der Waals surface area contributed by atoms with E-state index < -0.39 is 5.97 Å². The van der Waals surface area contributed by atoms with E-state index in [2.05, 4.69) is 0 Å². The van der Waals surface area contributed by atoms with Gasteiger partial charge in [-0.25, -0.2) is 4.79 Å². The molecule has 5 nitrogen and oxygen atoms in total. The first kappa shape index (κ1) is 17.2. The average molecular weight is 292 g/mol. The lowest BCUT2D eigenvalue weighted by Crippen LogP contribution is -2.45. The molecule has 5 heteroatoms. The first-order valence-electron chi connectivity index (χ1n) is 7.21. The van der Waals surface area contributed by atoms with Crippen molar-refractivity contribution in [1.82, 2.24) is 9.80 Å². The van der Waals surface area contributed by atoms with Crippen molar-refractivity contribution in [1.29, 1.82) is 0 Å². The monoisotopic (exact) mass is 292 g/mol. The van der Waals surface area contributed by atoms with E-state index >= 15 is 0 Å². The second-order valence-corrected chi connectivity index (χ2v) is 5.10. The van der Waals surface area contributed by atoms with E-state index in [9.17, 15) is 9.59 Å². The summed E-state index contributed by atoms with van der Waals surface area (Å²) in [5.74, 6) is -0.815. The van der Waals surface area contributed by atoms with Gasteiger partial charge in [-0.05, 0) is 45.5 Å². The average Bonchev–Trinajstić information content (AvgIpc) is 2.48. The number of carboxylic acid groups (broad SMARTS) is 1. The maximum absolute atomic E-state index is 12.3. The Morgan fingerprint density at radius 2 is 1.67 bits per heavy atom. The number of carbonyl (C=O) groups excluding carboxylic acids is 1. The number of likely N-dealkylation sites (N-methyl/N-ethyl adjacent to an activating group) is 2. The van der Waals surface area contributed by atoms with Gasteiger partial charge in [0.25, 0.3) is 0 Å². The third kappa shape index (κ3) is 4.56. The van der Waals surface area contributed by atoms with E-state index in [1.54, 1.807) is 24.3 Å². The molecule has 0 radical (unpaired) electrons. The Kier molecular flexibility index (Phi) is 6.37. The van der Waals surface area contributed by atoms with Gasteiger partial charge in [0.2, 0.25) is 5.91 Å². The largest absolute Gasteiger partial charge is 0.478 e. The summed E-state index contributed by atoms with van der Waals surface area (Å²) in [4.78, 5) is 26.9. The third-order valence-electron chi connectivity index (χ3n) is 3.73. The van der Waals surface area contributed by atoms with Crippen LogP contribution in [0.3, 0.4) is 0 Å². The van der Waals surface area contributed by atoms with Crippen LogP contribution in [-0.4, -0.2) is 53.0 Å². The van der Waals surface area contributed by atoms with E-state index in [0.717, 1.165) is 5.56 Å². The summed E-state index contributed by atoms with van der Waals surface area (Å²) in [5.41, 5.74) is 1.26. The van der Waals surface area contributed by atoms with Crippen molar-refractivity contribution in [3.05, 3.63) is 35.4 Å². The lowest BCUT2D eigenvalue weighted by Gasteiger charge is -2.29. The number of aromatic carboxylic acids is 1. The maximum Gasteiger partial charge on any atom is 0.335 e. The standard InChI is InChI=1S/C16H24N2O3/c1-5-18(6-2)15(19)12(3)17(4)11-13-7-9-14(10-8-13)16(20)21/h7-10,12H,5-6,11H2,1-4H3,(H,20,21). The van der Waals surface area contributed by atoms with Crippen molar-refractivity contribution >= 4 is 11.9 Å². The minimum atomic E-state index is -0.931. The molecule has 0 bridgehead atoms. The molecule has 0 aromatic heterocycles. The zero-order chi connectivity index (χ0) is 16.0. The van der Waals surface area contributed by atoms with Gasteiger partial charge in [-0.3, -0.25) is 9.69 Å². The minimum Gasteiger partial charge on any atom is -0.478 e. The highest BCUT2D eigenvalue weighted by atomic mass is 16.4. The Hall–Kier alpha value is -1.88. The Labute approximate surface area is 126 Å². The van der Waals surface area contributed by atoms with Crippen molar-refractivity contribution in [2.75, 3.05) is 20.1 Å². The molecular weight excluding hydrogens is 268 g/mol. The Bertz CT molecular complexity index is 481. The Morgan fingerprint density at radius 3 is 2.10 bits per heavy atom. The second-order valence-electron chi connectivity index (χ2n) is 5.10. The zero-order valence-electron chi connectivity index (χ0n) is 13.2. The molecule has 0 fully saturated rings. The summed E-state index contributed by atoms with van der Waals surface area (Å²) in [6.07, 6.45) is 0. The van der Waals surface area contributed by atoms with Crippen LogP contribution in [0.15, 0.2) is 24.3 Å². The third-order valence-corrected chi connectivity index (χ3v) is 3.73. The van der Waals surface area contributed by atoms with Crippen LogP contribution >= 0.6 is 0 Å². The summed E-state index contributed by atoms with van der Waals surface area (Å²) >= 11 is 0. The topological polar surface area (TPSA) is 60.9 Å². The summed E-state index contributed by atoms with van der Waals surface area (Å²) in [7, 11) is 1.90. The normalized spacial score (nSPS) is 12.2. The molecule has 0 saturated carbocycles. The summed E-state index contributed by atoms with van der Waals surface area (Å²) < 4.78 is 0. The van der Waals surface area contributed by atoms with E-state index in [0.29, 0.717) is 19.6 Å². The van der Waals surface area contributed by atoms with Crippen molar-refractivity contribution in [2.45, 2.75) is 33.4 Å². The quantitative estimate of drug-likeness (QED) is 0.836. The van der Waals surface area contributed by atoms with Crippen molar-refractivity contribution in [3.8, 4) is 0 Å². The van der Waals surface area contributed by atoms with Crippen LogP contribution in [0.5, 0.6) is 0 Å². The van der Waals surface area contributed by atoms with Crippen molar-refractivity contribution in [3.63, 3.8) is 0 Å². The first-order chi connectivity index (χ1) is 9.90. The van der Waals surface area contributed by atoms with E-state index in [4.69, 9.17) is 5.11 Å². The van der Waals surface area contributed by atoms with Gasteiger partial charge in [0.15, 0.2) is 0 Å². The fraction of sp³-hybridized carbons (Fsp3) is 0.500. The number of carboxylic acids is 1. The summed E-state index contributed by atoms with van der Waals surface area (Å²) in [6, 6.07) is 6.54. The molecule has 0 aliphatic heterocycles. The molecule has 0 heterocycles. The van der Waals surface area contributed by atoms with Crippen LogP contribution in [0.4, 0.5) is 0 Å². The fourth-order valence-corrected chi connectivity index (χ4v) is 2.17. The van der Waals surface area contributed by atoms with Gasteiger partial charge < -0.3 is 10.0 Å². The van der Waals surface area contributed by atoms with Crippen LogP contribution in [0.2, 0.25) is 0 Å². The van der Waals surface area contributed by atoms with E-state index in [1.807, 2.05) is 37.6 Å². The molecule has 1 aromatic rings. The first-order valence-corrected chi connectivity index (χ1v) is 7.21. The van der Waals surface area contributed by atoms with Crippen LogP contribution < -0.4 is 0 Å². The van der Waals surface area contributed by atoms with E-state index in [-0.39, 0.29) is 17.5 Å². The highest BCUT2D eigenvalue weighted by Crippen LogP contribution is 2.10. The number of nitrogens with zero attached hydrogens (tertiary/aromatic N) is 2. The summed E-state index contributed by atoms with van der Waals surface area (Å²) in [5, 5.41) is 8.87. The van der Waals surface area contributed by atoms with Crippen molar-refractivity contribution < 1.29 is 14.7 Å². The molecule has 0 spiro atoms. The Morgan fingerprint density at radius 1 is 1.14 bits per heavy atom. The lowest BCUT2D eigenvalue weighted by molar-refractivity contribution is -0.135. The maximum atomic E-state index is 12.3. The second kappa shape index (κ2) is 7.78. The molecule has 1 N–H and O–H groups in total. The number of hydrogen-bond acceptors (Lipinski definition) is 3. The number of hydrogen-bond donors (Lipinski definition) is 1. The van der Waals surface area contributed by atoms with Gasteiger partial charge in [-0.1, -0.05) is 12.1 Å². The Balaban J connectivity index is 2.69. The molecular formula is C16H24N2O3. The van der Waals surface area contributed by atoms with Gasteiger partial charge in [0.1, 0.15) is 0 Å². The predicted molar refractivity (Wildman–Crippen MR) is 82.3 cm³/mol. The molecule has 116 valence electrons. The van der Waals surface area contributed by atoms with Gasteiger partial charge >= 0.3 is 5.97 Å². The van der Waals surface area contributed by atoms with Gasteiger partial charge in [0.05, 0.1) is 11.6 Å². The predicted octanol–water partition coefficient (Wildman–Crippen LogP) is 2.07. The van der Waals surface area contributed by atoms with Crippen LogP contribution in [-0.2, 0) is 11.3 Å². The van der Waals surface area contributed by atoms with Crippen LogP contribution in [0, 0.1) is 0 Å². The van der Waals surface area contributed by atoms with Crippen LogP contribution in [0.25, 0.3) is 0 Å². The molecule has 1 unspecified atom stereocenters. The van der Waals surface area contributed by atoms with Crippen molar-refractivity contribution in [2.24, 2.45) is 0 Å². The van der Waals surface area contributed by atoms with E-state index in [1.165, 1.54) is 0 Å². The number of carbonyl (C=O) groups is 2. The van der Waals surface area contributed by atoms with Gasteiger partial charge in [0, 0.05) is 19.6 Å². The molecule has 1 aromatic carbocycles. The molecule has 0 aliphatic rings. The van der Waals surface area contributed by atoms with Gasteiger partial charge in [-0.2, -0.15) is 0 Å².